The Morgan fingerprint density at radius 2 is 2.05 bits per heavy atom. The molecule has 2 aromatic heterocycles. The van der Waals surface area contributed by atoms with E-state index in [-0.39, 0.29) is 0 Å². The van der Waals surface area contributed by atoms with Crippen molar-refractivity contribution in [3.8, 4) is 22.8 Å². The van der Waals surface area contributed by atoms with E-state index in [1.165, 1.54) is 5.56 Å². The molecule has 0 saturated heterocycles. The van der Waals surface area contributed by atoms with Crippen molar-refractivity contribution < 1.29 is 4.52 Å². The number of H-pyrrole nitrogens is 1. The van der Waals surface area contributed by atoms with E-state index in [0.29, 0.717) is 17.8 Å². The molecular weight excluding hydrogens is 278 g/mol. The summed E-state index contributed by atoms with van der Waals surface area (Å²) in [7, 11) is 1.91. The van der Waals surface area contributed by atoms with Crippen LogP contribution < -0.4 is 5.32 Å². The molecule has 0 fully saturated rings. The molecule has 0 aliphatic rings. The van der Waals surface area contributed by atoms with Gasteiger partial charge in [-0.15, -0.1) is 0 Å². The van der Waals surface area contributed by atoms with Gasteiger partial charge in [-0.3, -0.25) is 5.10 Å². The van der Waals surface area contributed by atoms with E-state index in [1.54, 1.807) is 0 Å². The Morgan fingerprint density at radius 1 is 1.27 bits per heavy atom. The van der Waals surface area contributed by atoms with E-state index < -0.39 is 0 Å². The molecule has 0 amide bonds. The van der Waals surface area contributed by atoms with Crippen LogP contribution in [0.15, 0.2) is 34.9 Å². The fraction of sp³-hybridized carbons (Fsp3) is 0.312. The van der Waals surface area contributed by atoms with Crippen molar-refractivity contribution in [2.24, 2.45) is 0 Å². The third-order valence-corrected chi connectivity index (χ3v) is 3.61. The van der Waals surface area contributed by atoms with Crippen molar-refractivity contribution >= 4 is 0 Å². The van der Waals surface area contributed by atoms with Gasteiger partial charge in [-0.25, -0.2) is 0 Å². The number of aryl methyl sites for hydroxylation is 1. The minimum atomic E-state index is 0.301. The molecule has 114 valence electrons. The summed E-state index contributed by atoms with van der Waals surface area (Å²) in [4.78, 5) is 4.40. The van der Waals surface area contributed by atoms with E-state index >= 15 is 0 Å². The van der Waals surface area contributed by atoms with Crippen LogP contribution in [0.4, 0.5) is 0 Å². The van der Waals surface area contributed by atoms with E-state index in [4.69, 9.17) is 4.52 Å². The molecule has 0 aliphatic carbocycles. The average molecular weight is 297 g/mol. The fourth-order valence-electron chi connectivity index (χ4n) is 2.13. The van der Waals surface area contributed by atoms with Gasteiger partial charge in [0.15, 0.2) is 5.82 Å². The van der Waals surface area contributed by atoms with E-state index in [1.807, 2.05) is 25.2 Å². The largest absolute Gasteiger partial charge is 0.332 e. The van der Waals surface area contributed by atoms with Crippen molar-refractivity contribution in [3.05, 3.63) is 41.7 Å². The van der Waals surface area contributed by atoms with Gasteiger partial charge < -0.3 is 9.84 Å². The molecule has 22 heavy (non-hydrogen) atoms. The molecule has 1 atom stereocenters. The highest BCUT2D eigenvalue weighted by Crippen LogP contribution is 2.23. The van der Waals surface area contributed by atoms with E-state index in [9.17, 15) is 0 Å². The molecule has 3 rings (SSSR count). The summed E-state index contributed by atoms with van der Waals surface area (Å²) in [6.07, 6.45) is 0.721. The van der Waals surface area contributed by atoms with Crippen LogP contribution in [0, 0.1) is 6.92 Å². The molecule has 0 aliphatic heterocycles. The summed E-state index contributed by atoms with van der Waals surface area (Å²) >= 11 is 0. The molecule has 0 spiro atoms. The minimum absolute atomic E-state index is 0.301. The second-order valence-corrected chi connectivity index (χ2v) is 5.44. The maximum atomic E-state index is 5.30. The first kappa shape index (κ1) is 14.5. The van der Waals surface area contributed by atoms with Gasteiger partial charge in [-0.2, -0.15) is 10.1 Å². The van der Waals surface area contributed by atoms with Crippen LogP contribution in [0.1, 0.15) is 18.3 Å². The van der Waals surface area contributed by atoms with Gasteiger partial charge in [0.05, 0.1) is 5.69 Å². The lowest BCUT2D eigenvalue weighted by atomic mass is 10.1. The van der Waals surface area contributed by atoms with Crippen molar-refractivity contribution in [1.29, 1.82) is 0 Å². The number of hydrogen-bond acceptors (Lipinski definition) is 5. The molecule has 6 nitrogen and oxygen atoms in total. The van der Waals surface area contributed by atoms with Gasteiger partial charge in [0, 0.05) is 18.0 Å². The summed E-state index contributed by atoms with van der Waals surface area (Å²) in [5.74, 6) is 1.15. The first-order chi connectivity index (χ1) is 10.7. The van der Waals surface area contributed by atoms with Gasteiger partial charge in [0.2, 0.25) is 0 Å². The second kappa shape index (κ2) is 6.11. The van der Waals surface area contributed by atoms with Crippen molar-refractivity contribution in [2.75, 3.05) is 7.05 Å². The number of aromatic nitrogens is 4. The molecule has 6 heteroatoms. The molecule has 0 saturated carbocycles. The first-order valence-electron chi connectivity index (χ1n) is 7.28. The number of rotatable bonds is 5. The first-order valence-corrected chi connectivity index (χ1v) is 7.28. The van der Waals surface area contributed by atoms with Crippen LogP contribution >= 0.6 is 0 Å². The van der Waals surface area contributed by atoms with Crippen LogP contribution in [0.3, 0.4) is 0 Å². The van der Waals surface area contributed by atoms with Gasteiger partial charge >= 0.3 is 0 Å². The van der Waals surface area contributed by atoms with Crippen molar-refractivity contribution in [2.45, 2.75) is 26.3 Å². The Morgan fingerprint density at radius 3 is 2.77 bits per heavy atom. The van der Waals surface area contributed by atoms with Crippen LogP contribution in [0.5, 0.6) is 0 Å². The minimum Gasteiger partial charge on any atom is -0.332 e. The number of likely N-dealkylation sites (N-methyl/N-ethyl adjacent to an activating group) is 1. The summed E-state index contributed by atoms with van der Waals surface area (Å²) < 4.78 is 5.30. The molecule has 0 bridgehead atoms. The summed E-state index contributed by atoms with van der Waals surface area (Å²) in [6, 6.07) is 10.4. The van der Waals surface area contributed by atoms with Crippen molar-refractivity contribution in [1.82, 2.24) is 25.7 Å². The lowest BCUT2D eigenvalue weighted by molar-refractivity contribution is 0.417. The smallest absolute Gasteiger partial charge is 0.275 e. The topological polar surface area (TPSA) is 79.6 Å². The maximum Gasteiger partial charge on any atom is 0.275 e. The van der Waals surface area contributed by atoms with Crippen LogP contribution in [-0.2, 0) is 6.42 Å². The van der Waals surface area contributed by atoms with Crippen LogP contribution in [0.25, 0.3) is 22.8 Å². The Hall–Kier alpha value is -2.47. The molecule has 2 heterocycles. The zero-order valence-electron chi connectivity index (χ0n) is 12.9. The number of benzene rings is 1. The van der Waals surface area contributed by atoms with Crippen molar-refractivity contribution in [3.63, 3.8) is 0 Å². The van der Waals surface area contributed by atoms with Gasteiger partial charge in [-0.05, 0) is 27.0 Å². The number of hydrogen-bond donors (Lipinski definition) is 2. The molecular formula is C16H19N5O. The zero-order valence-corrected chi connectivity index (χ0v) is 12.9. The highest BCUT2D eigenvalue weighted by atomic mass is 16.5. The van der Waals surface area contributed by atoms with Gasteiger partial charge in [0.25, 0.3) is 5.89 Å². The Bertz CT molecular complexity index is 744. The zero-order chi connectivity index (χ0) is 15.5. The SMILES string of the molecule is CNC(C)Cc1noc(-c2cc(-c3ccc(C)cc3)n[nH]2)n1. The highest BCUT2D eigenvalue weighted by Gasteiger charge is 2.14. The third-order valence-electron chi connectivity index (χ3n) is 3.61. The quantitative estimate of drug-likeness (QED) is 0.756. The van der Waals surface area contributed by atoms with Crippen LogP contribution in [0.2, 0.25) is 0 Å². The summed E-state index contributed by atoms with van der Waals surface area (Å²) in [6.45, 7) is 4.13. The normalized spacial score (nSPS) is 12.5. The molecule has 2 N–H and O–H groups in total. The number of nitrogens with zero attached hydrogens (tertiary/aromatic N) is 3. The summed E-state index contributed by atoms with van der Waals surface area (Å²) in [5, 5.41) is 14.4. The Kier molecular flexibility index (Phi) is 4.02. The third kappa shape index (κ3) is 3.07. The molecule has 1 aromatic carbocycles. The molecule has 3 aromatic rings. The molecule has 1 unspecified atom stereocenters. The lowest BCUT2D eigenvalue weighted by Gasteiger charge is -2.04. The molecule has 0 radical (unpaired) electrons. The van der Waals surface area contributed by atoms with Gasteiger partial charge in [-0.1, -0.05) is 35.0 Å². The standard InChI is InChI=1S/C16H19N5O/c1-10-4-6-12(7-5-10)13-9-14(20-19-13)16-18-15(21-22-16)8-11(2)17-3/h4-7,9,11,17H,8H2,1-3H3,(H,19,20). The highest BCUT2D eigenvalue weighted by molar-refractivity contribution is 5.64. The number of nitrogens with one attached hydrogen (secondary N) is 2. The second-order valence-electron chi connectivity index (χ2n) is 5.44. The monoisotopic (exact) mass is 297 g/mol. The van der Waals surface area contributed by atoms with Crippen LogP contribution in [-0.4, -0.2) is 33.4 Å². The predicted octanol–water partition coefficient (Wildman–Crippen LogP) is 2.59. The Labute approximate surface area is 129 Å². The summed E-state index contributed by atoms with van der Waals surface area (Å²) in [5.41, 5.74) is 3.86. The maximum absolute atomic E-state index is 5.30. The average Bonchev–Trinajstić information content (AvgIpc) is 3.17. The van der Waals surface area contributed by atoms with E-state index in [2.05, 4.69) is 51.6 Å². The number of aromatic amines is 1. The van der Waals surface area contributed by atoms with Gasteiger partial charge in [0.1, 0.15) is 5.69 Å². The Balaban J connectivity index is 1.80. The fourth-order valence-corrected chi connectivity index (χ4v) is 2.13. The van der Waals surface area contributed by atoms with E-state index in [0.717, 1.165) is 23.4 Å². The lowest BCUT2D eigenvalue weighted by Crippen LogP contribution is -2.24. The predicted molar refractivity (Wildman–Crippen MR) is 84.3 cm³/mol.